The normalized spacial score (nSPS) is 14.8. The first kappa shape index (κ1) is 22.7. The molecule has 1 aliphatic heterocycles. The standard InChI is InChI=1S/C24H17F4NO3S/c1-33(31,32)20-12-4-15(5-13-20)21-14-29(19-10-8-18(25)9-11-19)23(30)22(21)16-2-6-17(7-3-16)24(26,27)28/h2-13H,14H2,1H3. The van der Waals surface area contributed by atoms with Crippen LogP contribution in [-0.2, 0) is 20.8 Å². The van der Waals surface area contributed by atoms with Gasteiger partial charge in [0.2, 0.25) is 0 Å². The maximum absolute atomic E-state index is 13.4. The molecule has 33 heavy (non-hydrogen) atoms. The average molecular weight is 475 g/mol. The second-order valence-electron chi connectivity index (χ2n) is 7.59. The number of alkyl halides is 3. The Morgan fingerprint density at radius 1 is 0.818 bits per heavy atom. The molecule has 0 fully saturated rings. The van der Waals surface area contributed by atoms with Crippen LogP contribution in [0.2, 0.25) is 0 Å². The lowest BCUT2D eigenvalue weighted by Gasteiger charge is -2.17. The minimum absolute atomic E-state index is 0.0824. The molecule has 4 rings (SSSR count). The second kappa shape index (κ2) is 8.15. The van der Waals surface area contributed by atoms with E-state index in [1.807, 2.05) is 0 Å². The van der Waals surface area contributed by atoms with E-state index in [2.05, 4.69) is 0 Å². The summed E-state index contributed by atoms with van der Waals surface area (Å²) < 4.78 is 75.9. The molecule has 0 bridgehead atoms. The Hall–Kier alpha value is -3.46. The Morgan fingerprint density at radius 2 is 1.36 bits per heavy atom. The van der Waals surface area contributed by atoms with Crippen LogP contribution in [0.4, 0.5) is 23.2 Å². The lowest BCUT2D eigenvalue weighted by Crippen LogP contribution is -2.26. The lowest BCUT2D eigenvalue weighted by atomic mass is 9.96. The zero-order chi connectivity index (χ0) is 24.0. The van der Waals surface area contributed by atoms with E-state index in [0.29, 0.717) is 22.4 Å². The zero-order valence-corrected chi connectivity index (χ0v) is 18.0. The molecule has 3 aromatic carbocycles. The summed E-state index contributed by atoms with van der Waals surface area (Å²) in [5, 5.41) is 0. The van der Waals surface area contributed by atoms with Crippen molar-refractivity contribution >= 4 is 32.6 Å². The van der Waals surface area contributed by atoms with Crippen LogP contribution in [0.25, 0.3) is 11.1 Å². The number of sulfone groups is 1. The number of halogens is 4. The zero-order valence-electron chi connectivity index (χ0n) is 17.2. The number of anilines is 1. The van der Waals surface area contributed by atoms with E-state index < -0.39 is 33.3 Å². The smallest absolute Gasteiger partial charge is 0.304 e. The molecule has 0 saturated heterocycles. The highest BCUT2D eigenvalue weighted by Crippen LogP contribution is 2.38. The monoisotopic (exact) mass is 475 g/mol. The van der Waals surface area contributed by atoms with Gasteiger partial charge in [-0.3, -0.25) is 4.79 Å². The fourth-order valence-electron chi connectivity index (χ4n) is 3.67. The topological polar surface area (TPSA) is 54.5 Å². The summed E-state index contributed by atoms with van der Waals surface area (Å²) in [7, 11) is -3.43. The molecule has 0 atom stereocenters. The lowest BCUT2D eigenvalue weighted by molar-refractivity contribution is -0.137. The van der Waals surface area contributed by atoms with E-state index in [0.717, 1.165) is 18.4 Å². The molecule has 170 valence electrons. The number of carbonyl (C=O) groups excluding carboxylic acids is 1. The molecule has 0 saturated carbocycles. The molecule has 1 amide bonds. The van der Waals surface area contributed by atoms with Crippen LogP contribution in [-0.4, -0.2) is 27.1 Å². The van der Waals surface area contributed by atoms with Gasteiger partial charge in [-0.15, -0.1) is 0 Å². The first-order chi connectivity index (χ1) is 15.4. The van der Waals surface area contributed by atoms with Gasteiger partial charge in [0, 0.05) is 11.9 Å². The van der Waals surface area contributed by atoms with Crippen LogP contribution in [0.15, 0.2) is 77.7 Å². The summed E-state index contributed by atoms with van der Waals surface area (Å²) in [6.07, 6.45) is -3.44. The van der Waals surface area contributed by atoms with E-state index >= 15 is 0 Å². The van der Waals surface area contributed by atoms with Gasteiger partial charge in [0.05, 0.1) is 22.6 Å². The molecule has 1 aliphatic rings. The number of amides is 1. The Kier molecular flexibility index (Phi) is 5.61. The van der Waals surface area contributed by atoms with Crippen molar-refractivity contribution in [1.82, 2.24) is 0 Å². The summed E-state index contributed by atoms with van der Waals surface area (Å²) in [6, 6.07) is 15.5. The number of hydrogen-bond acceptors (Lipinski definition) is 3. The number of hydrogen-bond donors (Lipinski definition) is 0. The Morgan fingerprint density at radius 3 is 1.88 bits per heavy atom. The van der Waals surface area contributed by atoms with Crippen LogP contribution >= 0.6 is 0 Å². The van der Waals surface area contributed by atoms with Crippen LogP contribution in [0, 0.1) is 5.82 Å². The molecule has 0 aromatic heterocycles. The SMILES string of the molecule is CS(=O)(=O)c1ccc(C2=C(c3ccc(C(F)(F)F)cc3)C(=O)N(c3ccc(F)cc3)C2)cc1. The van der Waals surface area contributed by atoms with Crippen molar-refractivity contribution in [3.05, 3.63) is 95.3 Å². The molecular weight excluding hydrogens is 458 g/mol. The van der Waals surface area contributed by atoms with Crippen molar-refractivity contribution in [2.24, 2.45) is 0 Å². The van der Waals surface area contributed by atoms with E-state index in [4.69, 9.17) is 0 Å². The predicted molar refractivity (Wildman–Crippen MR) is 117 cm³/mol. The quantitative estimate of drug-likeness (QED) is 0.487. The predicted octanol–water partition coefficient (Wildman–Crippen LogP) is 5.21. The summed E-state index contributed by atoms with van der Waals surface area (Å²) >= 11 is 0. The third-order valence-electron chi connectivity index (χ3n) is 5.35. The fourth-order valence-corrected chi connectivity index (χ4v) is 4.30. The van der Waals surface area contributed by atoms with Crippen LogP contribution < -0.4 is 4.90 Å². The summed E-state index contributed by atoms with van der Waals surface area (Å²) in [6.45, 7) is 0.0824. The van der Waals surface area contributed by atoms with Gasteiger partial charge >= 0.3 is 6.18 Å². The van der Waals surface area contributed by atoms with Crippen LogP contribution in [0.3, 0.4) is 0 Å². The first-order valence-corrected chi connectivity index (χ1v) is 11.6. The van der Waals surface area contributed by atoms with Gasteiger partial charge in [0.25, 0.3) is 5.91 Å². The molecule has 1 heterocycles. The molecule has 0 N–H and O–H groups in total. The molecule has 0 spiro atoms. The van der Waals surface area contributed by atoms with Crippen molar-refractivity contribution in [2.75, 3.05) is 17.7 Å². The molecule has 4 nitrogen and oxygen atoms in total. The maximum atomic E-state index is 13.4. The van der Waals surface area contributed by atoms with Crippen LogP contribution in [0.5, 0.6) is 0 Å². The Bertz CT molecular complexity index is 1340. The van der Waals surface area contributed by atoms with Gasteiger partial charge < -0.3 is 4.90 Å². The Balaban J connectivity index is 1.82. The fraction of sp³-hybridized carbons (Fsp3) is 0.125. The van der Waals surface area contributed by atoms with E-state index in [-0.39, 0.29) is 17.0 Å². The highest BCUT2D eigenvalue weighted by atomic mass is 32.2. The third kappa shape index (κ3) is 4.54. The second-order valence-corrected chi connectivity index (χ2v) is 9.61. The largest absolute Gasteiger partial charge is 0.416 e. The summed E-state index contributed by atoms with van der Waals surface area (Å²) in [5.74, 6) is -0.929. The van der Waals surface area contributed by atoms with E-state index in [9.17, 15) is 30.8 Å². The molecule has 0 radical (unpaired) electrons. The number of nitrogens with zero attached hydrogens (tertiary/aromatic N) is 1. The van der Waals surface area contributed by atoms with Gasteiger partial charge in [0.1, 0.15) is 5.82 Å². The third-order valence-corrected chi connectivity index (χ3v) is 6.48. The summed E-state index contributed by atoms with van der Waals surface area (Å²) in [4.78, 5) is 14.8. The molecule has 0 aliphatic carbocycles. The number of rotatable bonds is 4. The van der Waals surface area contributed by atoms with Gasteiger partial charge in [0.15, 0.2) is 9.84 Å². The van der Waals surface area contributed by atoms with Crippen molar-refractivity contribution in [1.29, 1.82) is 0 Å². The summed E-state index contributed by atoms with van der Waals surface area (Å²) in [5.41, 5.74) is 1.14. The van der Waals surface area contributed by atoms with Gasteiger partial charge in [-0.25, -0.2) is 12.8 Å². The van der Waals surface area contributed by atoms with Crippen LogP contribution in [0.1, 0.15) is 16.7 Å². The molecule has 9 heteroatoms. The van der Waals surface area contributed by atoms with Gasteiger partial charge in [-0.05, 0) is 65.2 Å². The highest BCUT2D eigenvalue weighted by Gasteiger charge is 2.34. The Labute approximate surface area is 187 Å². The van der Waals surface area contributed by atoms with E-state index in [1.165, 1.54) is 53.4 Å². The minimum Gasteiger partial charge on any atom is -0.304 e. The van der Waals surface area contributed by atoms with E-state index in [1.54, 1.807) is 12.1 Å². The molecule has 3 aromatic rings. The first-order valence-electron chi connectivity index (χ1n) is 9.74. The minimum atomic E-state index is -4.52. The van der Waals surface area contributed by atoms with Gasteiger partial charge in [-0.1, -0.05) is 24.3 Å². The highest BCUT2D eigenvalue weighted by molar-refractivity contribution is 7.90. The average Bonchev–Trinajstić information content (AvgIpc) is 3.10. The van der Waals surface area contributed by atoms with Crippen molar-refractivity contribution < 1.29 is 30.8 Å². The number of benzene rings is 3. The van der Waals surface area contributed by atoms with Crippen molar-refractivity contribution in [2.45, 2.75) is 11.1 Å². The molecule has 0 unspecified atom stereocenters. The molecular formula is C24H17F4NO3S. The van der Waals surface area contributed by atoms with Crippen molar-refractivity contribution in [3.63, 3.8) is 0 Å². The van der Waals surface area contributed by atoms with Crippen molar-refractivity contribution in [3.8, 4) is 0 Å². The maximum Gasteiger partial charge on any atom is 0.416 e. The van der Waals surface area contributed by atoms with Gasteiger partial charge in [-0.2, -0.15) is 13.2 Å². The number of carbonyl (C=O) groups is 1.